The van der Waals surface area contributed by atoms with E-state index >= 15 is 0 Å². The van der Waals surface area contributed by atoms with Crippen LogP contribution in [0.4, 0.5) is 18.9 Å². The fourth-order valence-electron chi connectivity index (χ4n) is 2.06. The fourth-order valence-corrected chi connectivity index (χ4v) is 2.24. The topological polar surface area (TPSA) is 32.3 Å². The summed E-state index contributed by atoms with van der Waals surface area (Å²) in [4.78, 5) is 0. The Bertz CT molecular complexity index is 643. The fraction of sp³-hybridized carbons (Fsp3) is 0.200. The molecule has 0 aliphatic rings. The van der Waals surface area contributed by atoms with Gasteiger partial charge in [-0.2, -0.15) is 13.2 Å². The van der Waals surface area contributed by atoms with Crippen LogP contribution in [-0.2, 0) is 6.18 Å². The van der Waals surface area contributed by atoms with E-state index in [9.17, 15) is 18.3 Å². The maximum Gasteiger partial charge on any atom is 0.416 e. The molecule has 2 aromatic carbocycles. The predicted molar refractivity (Wildman–Crippen MR) is 76.6 cm³/mol. The SMILES string of the molecule is CC(Nc1ccc(O)c(Cl)c1)c1ccccc1C(F)(F)F. The van der Waals surface area contributed by atoms with Crippen molar-refractivity contribution in [1.82, 2.24) is 0 Å². The number of nitrogens with one attached hydrogen (secondary N) is 1. The van der Waals surface area contributed by atoms with Crippen LogP contribution in [0.2, 0.25) is 5.02 Å². The van der Waals surface area contributed by atoms with Gasteiger partial charge in [-0.15, -0.1) is 0 Å². The van der Waals surface area contributed by atoms with Gasteiger partial charge in [0.1, 0.15) is 5.75 Å². The molecule has 0 aliphatic carbocycles. The van der Waals surface area contributed by atoms with E-state index in [1.165, 1.54) is 24.3 Å². The van der Waals surface area contributed by atoms with Crippen molar-refractivity contribution in [3.05, 3.63) is 58.6 Å². The van der Waals surface area contributed by atoms with Gasteiger partial charge in [0.2, 0.25) is 0 Å². The zero-order valence-electron chi connectivity index (χ0n) is 11.1. The van der Waals surface area contributed by atoms with Gasteiger partial charge >= 0.3 is 6.18 Å². The van der Waals surface area contributed by atoms with Gasteiger partial charge in [0.05, 0.1) is 10.6 Å². The summed E-state index contributed by atoms with van der Waals surface area (Å²) in [5.41, 5.74) is 0.00588. The first-order valence-corrected chi connectivity index (χ1v) is 6.58. The van der Waals surface area contributed by atoms with Crippen molar-refractivity contribution in [3.63, 3.8) is 0 Å². The van der Waals surface area contributed by atoms with E-state index in [1.807, 2.05) is 0 Å². The molecule has 0 saturated carbocycles. The molecular weight excluding hydrogens is 303 g/mol. The van der Waals surface area contributed by atoms with Crippen LogP contribution >= 0.6 is 11.6 Å². The van der Waals surface area contributed by atoms with Crippen molar-refractivity contribution >= 4 is 17.3 Å². The van der Waals surface area contributed by atoms with Crippen LogP contribution in [0.25, 0.3) is 0 Å². The third kappa shape index (κ3) is 3.61. The molecule has 0 aromatic heterocycles. The average molecular weight is 316 g/mol. The minimum atomic E-state index is -4.40. The summed E-state index contributed by atoms with van der Waals surface area (Å²) in [6.07, 6.45) is -4.40. The van der Waals surface area contributed by atoms with Crippen molar-refractivity contribution in [2.45, 2.75) is 19.1 Å². The summed E-state index contributed by atoms with van der Waals surface area (Å²) in [5.74, 6) is -0.0782. The number of phenols is 1. The van der Waals surface area contributed by atoms with Crippen LogP contribution in [0, 0.1) is 0 Å². The first-order chi connectivity index (χ1) is 9.79. The molecule has 0 spiro atoms. The molecule has 112 valence electrons. The van der Waals surface area contributed by atoms with Crippen LogP contribution in [-0.4, -0.2) is 5.11 Å². The summed E-state index contributed by atoms with van der Waals surface area (Å²) in [7, 11) is 0. The molecule has 0 bridgehead atoms. The summed E-state index contributed by atoms with van der Waals surface area (Å²) in [5, 5.41) is 12.4. The number of hydrogen-bond acceptors (Lipinski definition) is 2. The minimum absolute atomic E-state index is 0.0782. The molecule has 1 unspecified atom stereocenters. The number of phenolic OH excluding ortho intramolecular Hbond substituents is 1. The van der Waals surface area contributed by atoms with Crippen molar-refractivity contribution < 1.29 is 18.3 Å². The number of anilines is 1. The molecule has 2 aromatic rings. The van der Waals surface area contributed by atoms with Gasteiger partial charge in [0.25, 0.3) is 0 Å². The van der Waals surface area contributed by atoms with Crippen LogP contribution in [0.3, 0.4) is 0 Å². The van der Waals surface area contributed by atoms with Crippen LogP contribution in [0.5, 0.6) is 5.75 Å². The smallest absolute Gasteiger partial charge is 0.416 e. The lowest BCUT2D eigenvalue weighted by atomic mass is 10.0. The highest BCUT2D eigenvalue weighted by Crippen LogP contribution is 2.36. The Morgan fingerprint density at radius 1 is 1.14 bits per heavy atom. The molecule has 2 N–H and O–H groups in total. The Kier molecular flexibility index (Phi) is 4.32. The molecular formula is C15H13ClF3NO. The van der Waals surface area contributed by atoms with Gasteiger partial charge in [-0.3, -0.25) is 0 Å². The Balaban J connectivity index is 2.28. The zero-order valence-corrected chi connectivity index (χ0v) is 11.8. The predicted octanol–water partition coefficient (Wildman–Crippen LogP) is 5.24. The van der Waals surface area contributed by atoms with E-state index in [1.54, 1.807) is 19.1 Å². The molecule has 6 heteroatoms. The molecule has 0 aliphatic heterocycles. The van der Waals surface area contributed by atoms with E-state index < -0.39 is 17.8 Å². The molecule has 0 radical (unpaired) electrons. The quantitative estimate of drug-likeness (QED) is 0.759. The van der Waals surface area contributed by atoms with E-state index in [4.69, 9.17) is 11.6 Å². The number of halogens is 4. The Morgan fingerprint density at radius 2 is 1.81 bits per heavy atom. The molecule has 21 heavy (non-hydrogen) atoms. The standard InChI is InChI=1S/C15H13ClF3NO/c1-9(20-10-6-7-14(21)13(16)8-10)11-4-2-3-5-12(11)15(17,18)19/h2-9,20-21H,1H3. The largest absolute Gasteiger partial charge is 0.506 e. The molecule has 2 rings (SSSR count). The monoisotopic (exact) mass is 315 g/mol. The summed E-state index contributed by atoms with van der Waals surface area (Å²) >= 11 is 5.78. The van der Waals surface area contributed by atoms with Crippen LogP contribution in [0.15, 0.2) is 42.5 Å². The number of benzene rings is 2. The second kappa shape index (κ2) is 5.85. The Hall–Kier alpha value is -1.88. The first-order valence-electron chi connectivity index (χ1n) is 6.20. The van der Waals surface area contributed by atoms with Crippen molar-refractivity contribution in [3.8, 4) is 5.75 Å². The molecule has 0 fully saturated rings. The molecule has 0 heterocycles. The average Bonchev–Trinajstić information content (AvgIpc) is 2.42. The highest BCUT2D eigenvalue weighted by molar-refractivity contribution is 6.32. The summed E-state index contributed by atoms with van der Waals surface area (Å²) < 4.78 is 38.9. The van der Waals surface area contributed by atoms with E-state index in [2.05, 4.69) is 5.32 Å². The Morgan fingerprint density at radius 3 is 2.43 bits per heavy atom. The second-order valence-electron chi connectivity index (χ2n) is 4.62. The summed E-state index contributed by atoms with van der Waals surface area (Å²) in [6, 6.07) is 9.23. The van der Waals surface area contributed by atoms with Crippen LogP contribution in [0.1, 0.15) is 24.1 Å². The number of rotatable bonds is 3. The van der Waals surface area contributed by atoms with Gasteiger partial charge in [-0.05, 0) is 36.8 Å². The summed E-state index contributed by atoms with van der Waals surface area (Å²) in [6.45, 7) is 1.63. The Labute approximate surface area is 125 Å². The third-order valence-electron chi connectivity index (χ3n) is 3.06. The van der Waals surface area contributed by atoms with Crippen molar-refractivity contribution in [2.24, 2.45) is 0 Å². The number of alkyl halides is 3. The molecule has 1 atom stereocenters. The van der Waals surface area contributed by atoms with E-state index in [0.717, 1.165) is 6.07 Å². The lowest BCUT2D eigenvalue weighted by Crippen LogP contribution is -2.15. The first kappa shape index (κ1) is 15.5. The van der Waals surface area contributed by atoms with E-state index in [0.29, 0.717) is 5.69 Å². The van der Waals surface area contributed by atoms with Crippen LogP contribution < -0.4 is 5.32 Å². The molecule has 0 saturated heterocycles. The van der Waals surface area contributed by atoms with Gasteiger partial charge in [0.15, 0.2) is 0 Å². The molecule has 2 nitrogen and oxygen atoms in total. The van der Waals surface area contributed by atoms with Gasteiger partial charge in [-0.25, -0.2) is 0 Å². The van der Waals surface area contributed by atoms with Crippen molar-refractivity contribution in [2.75, 3.05) is 5.32 Å². The zero-order chi connectivity index (χ0) is 15.6. The highest BCUT2D eigenvalue weighted by Gasteiger charge is 2.34. The van der Waals surface area contributed by atoms with Gasteiger partial charge in [-0.1, -0.05) is 29.8 Å². The number of hydrogen-bond donors (Lipinski definition) is 2. The second-order valence-corrected chi connectivity index (χ2v) is 5.02. The van der Waals surface area contributed by atoms with Gasteiger partial charge in [0, 0.05) is 11.7 Å². The van der Waals surface area contributed by atoms with Crippen molar-refractivity contribution in [1.29, 1.82) is 0 Å². The third-order valence-corrected chi connectivity index (χ3v) is 3.37. The lowest BCUT2D eigenvalue weighted by Gasteiger charge is -2.20. The maximum absolute atomic E-state index is 13.0. The maximum atomic E-state index is 13.0. The minimum Gasteiger partial charge on any atom is -0.506 e. The van der Waals surface area contributed by atoms with E-state index in [-0.39, 0.29) is 16.3 Å². The van der Waals surface area contributed by atoms with Gasteiger partial charge < -0.3 is 10.4 Å². The lowest BCUT2D eigenvalue weighted by molar-refractivity contribution is -0.138. The highest BCUT2D eigenvalue weighted by atomic mass is 35.5. The molecule has 0 amide bonds. The normalized spacial score (nSPS) is 13.0. The number of aromatic hydroxyl groups is 1.